The number of hydrogen-bond donors (Lipinski definition) is 1. The van der Waals surface area contributed by atoms with Crippen LogP contribution in [0.3, 0.4) is 0 Å². The lowest BCUT2D eigenvalue weighted by molar-refractivity contribution is -0.137. The van der Waals surface area contributed by atoms with E-state index >= 15 is 0 Å². The van der Waals surface area contributed by atoms with Gasteiger partial charge < -0.3 is 10.2 Å². The monoisotopic (exact) mass is 513 g/mol. The molecule has 1 N–H and O–H groups in total. The molecule has 8 heteroatoms. The number of thiophene rings is 1. The van der Waals surface area contributed by atoms with Gasteiger partial charge in [-0.1, -0.05) is 36.4 Å². The number of amides is 1. The Morgan fingerprint density at radius 3 is 2.61 bits per heavy atom. The van der Waals surface area contributed by atoms with Gasteiger partial charge in [-0.05, 0) is 60.0 Å². The summed E-state index contributed by atoms with van der Waals surface area (Å²) in [6.45, 7) is 3.64. The minimum Gasteiger partial charge on any atom is -0.365 e. The number of piperazine rings is 1. The number of fused-ring (bicyclic) bond motifs is 3. The fraction of sp³-hybridized carbons (Fsp3) is 0.393. The molecule has 0 bridgehead atoms. The standard InChI is InChI=1S/C28H30F3N3OS/c29-28(30,31)22-8-9-25-21(17-22)18-24(27(35)32-12-10-23-7-4-16-36-23)26-19-33(14-15-34(25)26)13-11-20-5-2-1-3-6-20/h1-9,16-17,24,26H,10-15,18-19H2,(H,32,35)/t24-,26+/m1/s1. The smallest absolute Gasteiger partial charge is 0.365 e. The van der Waals surface area contributed by atoms with Crippen LogP contribution in [0, 0.1) is 5.92 Å². The van der Waals surface area contributed by atoms with Crippen molar-refractivity contribution >= 4 is 22.9 Å². The van der Waals surface area contributed by atoms with Crippen LogP contribution < -0.4 is 10.2 Å². The molecule has 1 fully saturated rings. The van der Waals surface area contributed by atoms with E-state index in [0.717, 1.165) is 38.2 Å². The third-order valence-electron chi connectivity index (χ3n) is 7.27. The van der Waals surface area contributed by atoms with Crippen LogP contribution >= 0.6 is 11.3 Å². The van der Waals surface area contributed by atoms with E-state index in [0.29, 0.717) is 25.1 Å². The first-order valence-corrected chi connectivity index (χ1v) is 13.3. The third kappa shape index (κ3) is 5.60. The zero-order valence-electron chi connectivity index (χ0n) is 20.0. The Labute approximate surface area is 213 Å². The van der Waals surface area contributed by atoms with Gasteiger partial charge in [-0.15, -0.1) is 11.3 Å². The predicted molar refractivity (Wildman–Crippen MR) is 137 cm³/mol. The van der Waals surface area contributed by atoms with Gasteiger partial charge in [-0.3, -0.25) is 9.69 Å². The van der Waals surface area contributed by atoms with Crippen LogP contribution in [0.5, 0.6) is 0 Å². The summed E-state index contributed by atoms with van der Waals surface area (Å²) in [5, 5.41) is 5.08. The van der Waals surface area contributed by atoms with Gasteiger partial charge in [0.15, 0.2) is 0 Å². The van der Waals surface area contributed by atoms with Crippen molar-refractivity contribution in [3.8, 4) is 0 Å². The van der Waals surface area contributed by atoms with E-state index in [-0.39, 0.29) is 11.9 Å². The Morgan fingerprint density at radius 1 is 1.03 bits per heavy atom. The second-order valence-electron chi connectivity index (χ2n) is 9.57. The van der Waals surface area contributed by atoms with Crippen molar-refractivity contribution in [2.75, 3.05) is 37.6 Å². The second kappa shape index (κ2) is 10.6. The number of halogens is 3. The highest BCUT2D eigenvalue weighted by Crippen LogP contribution is 2.39. The maximum atomic E-state index is 13.4. The molecule has 2 atom stereocenters. The highest BCUT2D eigenvalue weighted by molar-refractivity contribution is 7.09. The number of benzene rings is 2. The van der Waals surface area contributed by atoms with Crippen molar-refractivity contribution in [2.45, 2.75) is 31.5 Å². The molecule has 1 amide bonds. The zero-order chi connectivity index (χ0) is 25.1. The van der Waals surface area contributed by atoms with E-state index in [1.165, 1.54) is 22.6 Å². The summed E-state index contributed by atoms with van der Waals surface area (Å²) in [4.78, 5) is 19.1. The Balaban J connectivity index is 1.33. The predicted octanol–water partition coefficient (Wildman–Crippen LogP) is 5.03. The quantitative estimate of drug-likeness (QED) is 0.481. The number of carbonyl (C=O) groups excluding carboxylic acids is 1. The fourth-order valence-electron chi connectivity index (χ4n) is 5.39. The van der Waals surface area contributed by atoms with Crippen LogP contribution in [0.4, 0.5) is 18.9 Å². The lowest BCUT2D eigenvalue weighted by Crippen LogP contribution is -2.61. The summed E-state index contributed by atoms with van der Waals surface area (Å²) in [5.41, 5.74) is 2.06. The van der Waals surface area contributed by atoms with Crippen LogP contribution in [0.2, 0.25) is 0 Å². The van der Waals surface area contributed by atoms with Crippen LogP contribution in [0.15, 0.2) is 66.0 Å². The number of hydrogen-bond acceptors (Lipinski definition) is 4. The van der Waals surface area contributed by atoms with Crippen molar-refractivity contribution in [3.63, 3.8) is 0 Å². The summed E-state index contributed by atoms with van der Waals surface area (Å²) in [7, 11) is 0. The molecule has 0 unspecified atom stereocenters. The molecule has 1 saturated heterocycles. The number of nitrogens with zero attached hydrogens (tertiary/aromatic N) is 2. The molecular weight excluding hydrogens is 483 g/mol. The van der Waals surface area contributed by atoms with Crippen LogP contribution in [-0.4, -0.2) is 49.6 Å². The largest absolute Gasteiger partial charge is 0.416 e. The molecule has 2 aromatic carbocycles. The molecule has 1 aromatic heterocycles. The summed E-state index contributed by atoms with van der Waals surface area (Å²) in [5.74, 6) is -0.474. The van der Waals surface area contributed by atoms with Crippen molar-refractivity contribution in [3.05, 3.63) is 87.6 Å². The first-order chi connectivity index (χ1) is 17.4. The number of nitrogens with one attached hydrogen (secondary N) is 1. The summed E-state index contributed by atoms with van der Waals surface area (Å²) < 4.78 is 40.3. The maximum Gasteiger partial charge on any atom is 0.416 e. The molecular formula is C28H30F3N3OS. The Bertz CT molecular complexity index is 1170. The van der Waals surface area contributed by atoms with E-state index in [4.69, 9.17) is 0 Å². The first kappa shape index (κ1) is 24.8. The summed E-state index contributed by atoms with van der Waals surface area (Å²) >= 11 is 1.65. The van der Waals surface area contributed by atoms with Crippen LogP contribution in [0.1, 0.15) is 21.6 Å². The van der Waals surface area contributed by atoms with E-state index in [1.807, 2.05) is 35.7 Å². The topological polar surface area (TPSA) is 35.6 Å². The minimum absolute atomic E-state index is 0.0690. The van der Waals surface area contributed by atoms with Crippen LogP contribution in [-0.2, 0) is 30.2 Å². The molecule has 0 spiro atoms. The molecule has 190 valence electrons. The van der Waals surface area contributed by atoms with E-state index < -0.39 is 17.7 Å². The lowest BCUT2D eigenvalue weighted by Gasteiger charge is -2.49. The molecule has 36 heavy (non-hydrogen) atoms. The Morgan fingerprint density at radius 2 is 1.86 bits per heavy atom. The lowest BCUT2D eigenvalue weighted by atomic mass is 9.82. The third-order valence-corrected chi connectivity index (χ3v) is 8.21. The van der Waals surface area contributed by atoms with Crippen molar-refractivity contribution < 1.29 is 18.0 Å². The molecule has 0 aliphatic carbocycles. The first-order valence-electron chi connectivity index (χ1n) is 12.4. The zero-order valence-corrected chi connectivity index (χ0v) is 20.8. The van der Waals surface area contributed by atoms with Gasteiger partial charge in [0.2, 0.25) is 5.91 Å². The van der Waals surface area contributed by atoms with Crippen molar-refractivity contribution in [2.24, 2.45) is 5.92 Å². The number of alkyl halides is 3. The Hall–Kier alpha value is -2.84. The summed E-state index contributed by atoms with van der Waals surface area (Å²) in [6.07, 6.45) is -2.41. The molecule has 2 aliphatic heterocycles. The Kier molecular flexibility index (Phi) is 7.34. The van der Waals surface area contributed by atoms with Gasteiger partial charge in [0, 0.05) is 43.3 Å². The number of carbonyl (C=O) groups is 1. The molecule has 3 heterocycles. The highest BCUT2D eigenvalue weighted by Gasteiger charge is 2.42. The molecule has 2 aliphatic rings. The van der Waals surface area contributed by atoms with E-state index in [9.17, 15) is 18.0 Å². The minimum atomic E-state index is -4.40. The highest BCUT2D eigenvalue weighted by atomic mass is 32.1. The molecule has 0 saturated carbocycles. The average Bonchev–Trinajstić information content (AvgIpc) is 3.40. The molecule has 0 radical (unpaired) electrons. The maximum absolute atomic E-state index is 13.4. The van der Waals surface area contributed by atoms with Gasteiger partial charge in [0.25, 0.3) is 0 Å². The van der Waals surface area contributed by atoms with E-state index in [2.05, 4.69) is 27.2 Å². The van der Waals surface area contributed by atoms with Gasteiger partial charge in [0.05, 0.1) is 17.5 Å². The fourth-order valence-corrected chi connectivity index (χ4v) is 6.10. The summed E-state index contributed by atoms with van der Waals surface area (Å²) in [6, 6.07) is 18.3. The van der Waals surface area contributed by atoms with Gasteiger partial charge >= 0.3 is 6.18 Å². The number of anilines is 1. The van der Waals surface area contributed by atoms with Gasteiger partial charge in [-0.25, -0.2) is 0 Å². The molecule has 5 rings (SSSR count). The van der Waals surface area contributed by atoms with Crippen molar-refractivity contribution in [1.82, 2.24) is 10.2 Å². The normalized spacial score (nSPS) is 20.0. The van der Waals surface area contributed by atoms with Crippen molar-refractivity contribution in [1.29, 1.82) is 0 Å². The van der Waals surface area contributed by atoms with E-state index in [1.54, 1.807) is 17.4 Å². The number of rotatable bonds is 7. The SMILES string of the molecule is O=C(NCCc1cccs1)[C@@H]1Cc2cc(C(F)(F)F)ccc2N2CCN(CCc3ccccc3)C[C@@H]12. The van der Waals surface area contributed by atoms with Gasteiger partial charge in [0.1, 0.15) is 0 Å². The molecule has 3 aromatic rings. The second-order valence-corrected chi connectivity index (χ2v) is 10.6. The van der Waals surface area contributed by atoms with Gasteiger partial charge in [-0.2, -0.15) is 13.2 Å². The van der Waals surface area contributed by atoms with Crippen LogP contribution in [0.25, 0.3) is 0 Å². The molecule has 4 nitrogen and oxygen atoms in total. The average molecular weight is 514 g/mol.